The van der Waals surface area contributed by atoms with Crippen molar-refractivity contribution in [2.45, 2.75) is 6.42 Å². The van der Waals surface area contributed by atoms with E-state index in [2.05, 4.69) is 21.2 Å². The van der Waals surface area contributed by atoms with Crippen molar-refractivity contribution in [3.8, 4) is 5.75 Å². The summed E-state index contributed by atoms with van der Waals surface area (Å²) >= 11 is 3.30. The van der Waals surface area contributed by atoms with Gasteiger partial charge in [-0.05, 0) is 39.7 Å². The van der Waals surface area contributed by atoms with Crippen LogP contribution in [0.3, 0.4) is 0 Å². The second-order valence-electron chi connectivity index (χ2n) is 4.56. The van der Waals surface area contributed by atoms with Crippen LogP contribution in [0, 0.1) is 0 Å². The van der Waals surface area contributed by atoms with E-state index in [4.69, 9.17) is 4.74 Å². The molecule has 0 aliphatic rings. The first-order chi connectivity index (χ1) is 9.99. The van der Waals surface area contributed by atoms with Gasteiger partial charge in [-0.1, -0.05) is 12.1 Å². The normalized spacial score (nSPS) is 10.2. The van der Waals surface area contributed by atoms with Crippen LogP contribution in [0.4, 0.5) is 5.69 Å². The number of carbonyl (C=O) groups excluding carboxylic acids is 1. The largest absolute Gasteiger partial charge is 0.497 e. The Balaban J connectivity index is 2.13. The SMILES string of the molecule is COc1cccc(CC(=O)Nc2cc(Br)cn(C)c2=O)c1. The summed E-state index contributed by atoms with van der Waals surface area (Å²) in [6.07, 6.45) is 1.81. The number of hydrogen-bond acceptors (Lipinski definition) is 3. The predicted octanol–water partition coefficient (Wildman–Crippen LogP) is 2.34. The van der Waals surface area contributed by atoms with Crippen LogP contribution in [0.5, 0.6) is 5.75 Å². The summed E-state index contributed by atoms with van der Waals surface area (Å²) in [5.74, 6) is 0.442. The van der Waals surface area contributed by atoms with Gasteiger partial charge in [-0.25, -0.2) is 0 Å². The zero-order valence-corrected chi connectivity index (χ0v) is 13.3. The Hall–Kier alpha value is -2.08. The predicted molar refractivity (Wildman–Crippen MR) is 84.7 cm³/mol. The molecule has 2 aromatic rings. The van der Waals surface area contributed by atoms with Crippen LogP contribution < -0.4 is 15.6 Å². The van der Waals surface area contributed by atoms with Crippen molar-refractivity contribution >= 4 is 27.5 Å². The number of aryl methyl sites for hydroxylation is 1. The molecule has 5 nitrogen and oxygen atoms in total. The van der Waals surface area contributed by atoms with E-state index in [1.807, 2.05) is 18.2 Å². The molecule has 0 unspecified atom stereocenters. The molecule has 0 bridgehead atoms. The number of aromatic nitrogens is 1. The van der Waals surface area contributed by atoms with Gasteiger partial charge < -0.3 is 14.6 Å². The molecular formula is C15H15BrN2O3. The van der Waals surface area contributed by atoms with Crippen LogP contribution in [0.25, 0.3) is 0 Å². The fraction of sp³-hybridized carbons (Fsp3) is 0.200. The number of methoxy groups -OCH3 is 1. The molecule has 2 rings (SSSR count). The molecule has 0 aliphatic carbocycles. The van der Waals surface area contributed by atoms with E-state index in [-0.39, 0.29) is 23.6 Å². The monoisotopic (exact) mass is 350 g/mol. The Morgan fingerprint density at radius 2 is 2.14 bits per heavy atom. The van der Waals surface area contributed by atoms with Gasteiger partial charge in [-0.3, -0.25) is 9.59 Å². The molecule has 110 valence electrons. The zero-order chi connectivity index (χ0) is 15.4. The lowest BCUT2D eigenvalue weighted by atomic mass is 10.1. The van der Waals surface area contributed by atoms with Crippen LogP contribution >= 0.6 is 15.9 Å². The van der Waals surface area contributed by atoms with Gasteiger partial charge in [-0.2, -0.15) is 0 Å². The van der Waals surface area contributed by atoms with E-state index in [9.17, 15) is 9.59 Å². The van der Waals surface area contributed by atoms with E-state index in [1.165, 1.54) is 4.57 Å². The Morgan fingerprint density at radius 3 is 2.86 bits per heavy atom. The second kappa shape index (κ2) is 6.58. The molecule has 0 saturated heterocycles. The molecule has 0 radical (unpaired) electrons. The van der Waals surface area contributed by atoms with Crippen molar-refractivity contribution in [2.75, 3.05) is 12.4 Å². The number of nitrogens with one attached hydrogen (secondary N) is 1. The van der Waals surface area contributed by atoms with Gasteiger partial charge in [0.25, 0.3) is 5.56 Å². The molecule has 1 aromatic heterocycles. The maximum Gasteiger partial charge on any atom is 0.274 e. The molecule has 0 fully saturated rings. The minimum Gasteiger partial charge on any atom is -0.497 e. The van der Waals surface area contributed by atoms with Gasteiger partial charge in [0.05, 0.1) is 13.5 Å². The summed E-state index contributed by atoms with van der Waals surface area (Å²) in [7, 11) is 3.20. The number of rotatable bonds is 4. The van der Waals surface area contributed by atoms with E-state index in [0.29, 0.717) is 5.75 Å². The van der Waals surface area contributed by atoms with Crippen LogP contribution in [-0.2, 0) is 18.3 Å². The van der Waals surface area contributed by atoms with E-state index >= 15 is 0 Å². The van der Waals surface area contributed by atoms with Gasteiger partial charge >= 0.3 is 0 Å². The first-order valence-corrected chi connectivity index (χ1v) is 7.08. The second-order valence-corrected chi connectivity index (χ2v) is 5.48. The Labute approximate surface area is 130 Å². The quantitative estimate of drug-likeness (QED) is 0.920. The molecule has 1 N–H and O–H groups in total. The number of anilines is 1. The lowest BCUT2D eigenvalue weighted by molar-refractivity contribution is -0.115. The fourth-order valence-electron chi connectivity index (χ4n) is 1.92. The Kier molecular flexibility index (Phi) is 4.80. The van der Waals surface area contributed by atoms with Crippen molar-refractivity contribution < 1.29 is 9.53 Å². The summed E-state index contributed by atoms with van der Waals surface area (Å²) in [6, 6.07) is 8.84. The number of benzene rings is 1. The third kappa shape index (κ3) is 3.95. The average Bonchev–Trinajstić information content (AvgIpc) is 2.44. The maximum absolute atomic E-state index is 12.0. The summed E-state index contributed by atoms with van der Waals surface area (Å²) in [4.78, 5) is 24.0. The molecule has 1 aromatic carbocycles. The number of amides is 1. The third-order valence-electron chi connectivity index (χ3n) is 2.92. The van der Waals surface area contributed by atoms with Crippen LogP contribution in [0.1, 0.15) is 5.56 Å². The molecule has 6 heteroatoms. The lowest BCUT2D eigenvalue weighted by Gasteiger charge is -2.08. The molecule has 0 aliphatic heterocycles. The van der Waals surface area contributed by atoms with E-state index in [1.54, 1.807) is 32.5 Å². The molecule has 1 amide bonds. The summed E-state index contributed by atoms with van der Waals surface area (Å²) < 4.78 is 7.25. The molecule has 1 heterocycles. The van der Waals surface area contributed by atoms with Crippen LogP contribution in [0.2, 0.25) is 0 Å². The first kappa shape index (κ1) is 15.3. The van der Waals surface area contributed by atoms with Gasteiger partial charge in [-0.15, -0.1) is 0 Å². The Bertz CT molecular complexity index is 725. The number of nitrogens with zero attached hydrogens (tertiary/aromatic N) is 1. The average molecular weight is 351 g/mol. The lowest BCUT2D eigenvalue weighted by Crippen LogP contribution is -2.24. The number of carbonyl (C=O) groups is 1. The number of halogens is 1. The van der Waals surface area contributed by atoms with E-state index in [0.717, 1.165) is 10.0 Å². The van der Waals surface area contributed by atoms with Gasteiger partial charge in [0.2, 0.25) is 5.91 Å². The van der Waals surface area contributed by atoms with Crippen molar-refractivity contribution in [3.63, 3.8) is 0 Å². The molecule has 0 spiro atoms. The molecule has 0 saturated carbocycles. The smallest absolute Gasteiger partial charge is 0.274 e. The minimum absolute atomic E-state index is 0.173. The number of ether oxygens (including phenoxy) is 1. The first-order valence-electron chi connectivity index (χ1n) is 6.28. The topological polar surface area (TPSA) is 60.3 Å². The van der Waals surface area contributed by atoms with Crippen molar-refractivity contribution in [3.05, 3.63) is 56.9 Å². The summed E-state index contributed by atoms with van der Waals surface area (Å²) in [5.41, 5.74) is 0.815. The highest BCUT2D eigenvalue weighted by molar-refractivity contribution is 9.10. The summed E-state index contributed by atoms with van der Waals surface area (Å²) in [5, 5.41) is 2.63. The number of pyridine rings is 1. The highest BCUT2D eigenvalue weighted by Gasteiger charge is 2.09. The van der Waals surface area contributed by atoms with Crippen LogP contribution in [0.15, 0.2) is 45.8 Å². The van der Waals surface area contributed by atoms with E-state index < -0.39 is 0 Å². The van der Waals surface area contributed by atoms with Gasteiger partial charge in [0, 0.05) is 17.7 Å². The highest BCUT2D eigenvalue weighted by atomic mass is 79.9. The minimum atomic E-state index is -0.253. The molecule has 21 heavy (non-hydrogen) atoms. The molecular weight excluding hydrogens is 336 g/mol. The highest BCUT2D eigenvalue weighted by Crippen LogP contribution is 2.14. The Morgan fingerprint density at radius 1 is 1.38 bits per heavy atom. The third-order valence-corrected chi connectivity index (χ3v) is 3.36. The van der Waals surface area contributed by atoms with Crippen molar-refractivity contribution in [1.82, 2.24) is 4.57 Å². The van der Waals surface area contributed by atoms with Gasteiger partial charge in [0.15, 0.2) is 0 Å². The van der Waals surface area contributed by atoms with Crippen LogP contribution in [-0.4, -0.2) is 17.6 Å². The van der Waals surface area contributed by atoms with Crippen molar-refractivity contribution in [1.29, 1.82) is 0 Å². The van der Waals surface area contributed by atoms with Crippen molar-refractivity contribution in [2.24, 2.45) is 7.05 Å². The summed E-state index contributed by atoms with van der Waals surface area (Å²) in [6.45, 7) is 0. The fourth-order valence-corrected chi connectivity index (χ4v) is 2.46. The number of hydrogen-bond donors (Lipinski definition) is 1. The zero-order valence-electron chi connectivity index (χ0n) is 11.7. The standard InChI is InChI=1S/C15H15BrN2O3/c1-18-9-11(16)8-13(15(18)20)17-14(19)7-10-4-3-5-12(6-10)21-2/h3-6,8-9H,7H2,1-2H3,(H,17,19). The molecule has 0 atom stereocenters. The maximum atomic E-state index is 12.0. The van der Waals surface area contributed by atoms with Gasteiger partial charge in [0.1, 0.15) is 11.4 Å².